The number of H-pyrrole nitrogens is 1. The van der Waals surface area contributed by atoms with Gasteiger partial charge < -0.3 is 14.6 Å². The van der Waals surface area contributed by atoms with Crippen molar-refractivity contribution in [1.82, 2.24) is 19.8 Å². The van der Waals surface area contributed by atoms with Gasteiger partial charge in [0, 0.05) is 32.7 Å². The molecule has 158 valence electrons. The topological polar surface area (TPSA) is 61.5 Å². The van der Waals surface area contributed by atoms with Gasteiger partial charge in [-0.25, -0.2) is 9.37 Å². The predicted octanol–water partition coefficient (Wildman–Crippen LogP) is 2.91. The average molecular weight is 410 g/mol. The van der Waals surface area contributed by atoms with Gasteiger partial charge in [0.05, 0.1) is 30.7 Å². The SMILES string of the molecule is Cc1ccc2nc(CC(=O)N(CCN3CCOCC3)Cc3ccc(F)cc3)[nH]c2c1. The predicted molar refractivity (Wildman–Crippen MR) is 114 cm³/mol. The lowest BCUT2D eigenvalue weighted by atomic mass is 10.2. The van der Waals surface area contributed by atoms with Gasteiger partial charge in [-0.3, -0.25) is 9.69 Å². The van der Waals surface area contributed by atoms with Crippen LogP contribution >= 0.6 is 0 Å². The van der Waals surface area contributed by atoms with E-state index in [1.807, 2.05) is 30.0 Å². The minimum atomic E-state index is -0.275. The summed E-state index contributed by atoms with van der Waals surface area (Å²) >= 11 is 0. The highest BCUT2D eigenvalue weighted by molar-refractivity contribution is 5.81. The van der Waals surface area contributed by atoms with Crippen molar-refractivity contribution in [3.05, 3.63) is 65.2 Å². The molecule has 0 aliphatic carbocycles. The van der Waals surface area contributed by atoms with E-state index < -0.39 is 0 Å². The maximum atomic E-state index is 13.3. The van der Waals surface area contributed by atoms with E-state index in [1.165, 1.54) is 12.1 Å². The van der Waals surface area contributed by atoms with Crippen LogP contribution in [0, 0.1) is 12.7 Å². The van der Waals surface area contributed by atoms with Gasteiger partial charge >= 0.3 is 0 Å². The van der Waals surface area contributed by atoms with Crippen molar-refractivity contribution in [2.45, 2.75) is 19.9 Å². The number of carbonyl (C=O) groups excluding carboxylic acids is 1. The number of ether oxygens (including phenoxy) is 1. The zero-order valence-corrected chi connectivity index (χ0v) is 17.2. The number of amides is 1. The van der Waals surface area contributed by atoms with E-state index >= 15 is 0 Å². The number of aromatic nitrogens is 2. The van der Waals surface area contributed by atoms with Crippen LogP contribution in [0.2, 0.25) is 0 Å². The summed E-state index contributed by atoms with van der Waals surface area (Å²) in [6.07, 6.45) is 0.206. The Morgan fingerprint density at radius 2 is 1.97 bits per heavy atom. The molecule has 0 atom stereocenters. The van der Waals surface area contributed by atoms with Crippen molar-refractivity contribution in [3.63, 3.8) is 0 Å². The third kappa shape index (κ3) is 5.23. The highest BCUT2D eigenvalue weighted by atomic mass is 19.1. The Kier molecular flexibility index (Phi) is 6.40. The normalized spacial score (nSPS) is 14.9. The number of aryl methyl sites for hydroxylation is 1. The number of carbonyl (C=O) groups is 1. The minimum Gasteiger partial charge on any atom is -0.379 e. The van der Waals surface area contributed by atoms with Gasteiger partial charge in [-0.2, -0.15) is 0 Å². The van der Waals surface area contributed by atoms with E-state index in [-0.39, 0.29) is 18.1 Å². The van der Waals surface area contributed by atoms with Crippen molar-refractivity contribution >= 4 is 16.9 Å². The van der Waals surface area contributed by atoms with Crippen LogP contribution in [0.25, 0.3) is 11.0 Å². The van der Waals surface area contributed by atoms with Crippen LogP contribution in [-0.4, -0.2) is 65.1 Å². The van der Waals surface area contributed by atoms with Crippen LogP contribution in [0.15, 0.2) is 42.5 Å². The molecule has 0 radical (unpaired) electrons. The first-order valence-electron chi connectivity index (χ1n) is 10.3. The fourth-order valence-corrected chi connectivity index (χ4v) is 3.70. The van der Waals surface area contributed by atoms with E-state index in [9.17, 15) is 9.18 Å². The molecule has 0 spiro atoms. The van der Waals surface area contributed by atoms with E-state index in [1.54, 1.807) is 12.1 Å². The molecule has 1 amide bonds. The van der Waals surface area contributed by atoms with Crippen molar-refractivity contribution in [3.8, 4) is 0 Å². The quantitative estimate of drug-likeness (QED) is 0.651. The molecule has 4 rings (SSSR count). The number of nitrogens with zero attached hydrogens (tertiary/aromatic N) is 3. The lowest BCUT2D eigenvalue weighted by Crippen LogP contribution is -2.43. The van der Waals surface area contributed by atoms with E-state index in [0.717, 1.165) is 55.0 Å². The third-order valence-electron chi connectivity index (χ3n) is 5.43. The lowest BCUT2D eigenvalue weighted by molar-refractivity contribution is -0.131. The highest BCUT2D eigenvalue weighted by Gasteiger charge is 2.19. The zero-order valence-electron chi connectivity index (χ0n) is 17.2. The number of fused-ring (bicyclic) bond motifs is 1. The number of hydrogen-bond donors (Lipinski definition) is 1. The molecule has 1 fully saturated rings. The molecular weight excluding hydrogens is 383 g/mol. The molecule has 3 aromatic rings. The molecule has 1 N–H and O–H groups in total. The molecule has 1 aromatic heterocycles. The molecule has 2 heterocycles. The molecule has 6 nitrogen and oxygen atoms in total. The van der Waals surface area contributed by atoms with Crippen LogP contribution in [0.3, 0.4) is 0 Å². The Morgan fingerprint density at radius 3 is 2.73 bits per heavy atom. The summed E-state index contributed by atoms with van der Waals surface area (Å²) in [5.74, 6) is 0.391. The molecule has 0 unspecified atom stereocenters. The lowest BCUT2D eigenvalue weighted by Gasteiger charge is -2.30. The van der Waals surface area contributed by atoms with Gasteiger partial charge in [0.15, 0.2) is 0 Å². The second-order valence-electron chi connectivity index (χ2n) is 7.78. The standard InChI is InChI=1S/C23H27FN4O2/c1-17-2-7-20-21(14-17)26-22(25-20)15-23(29)28(9-8-27-10-12-30-13-11-27)16-18-3-5-19(24)6-4-18/h2-7,14H,8-13,15-16H2,1H3,(H,25,26). The Morgan fingerprint density at radius 1 is 1.20 bits per heavy atom. The number of rotatable bonds is 7. The summed E-state index contributed by atoms with van der Waals surface area (Å²) in [6.45, 7) is 7.08. The van der Waals surface area contributed by atoms with Gasteiger partial charge in [0.1, 0.15) is 11.6 Å². The zero-order chi connectivity index (χ0) is 20.9. The number of halogens is 1. The number of morpholine rings is 1. The summed E-state index contributed by atoms with van der Waals surface area (Å²) in [7, 11) is 0. The number of aromatic amines is 1. The smallest absolute Gasteiger partial charge is 0.230 e. The Labute approximate surface area is 175 Å². The fraction of sp³-hybridized carbons (Fsp3) is 0.391. The molecular formula is C23H27FN4O2. The van der Waals surface area contributed by atoms with Gasteiger partial charge in [-0.1, -0.05) is 18.2 Å². The summed E-state index contributed by atoms with van der Waals surface area (Å²) < 4.78 is 18.7. The number of hydrogen-bond acceptors (Lipinski definition) is 4. The van der Waals surface area contributed by atoms with Crippen LogP contribution in [0.1, 0.15) is 17.0 Å². The average Bonchev–Trinajstić information content (AvgIpc) is 3.14. The van der Waals surface area contributed by atoms with Gasteiger partial charge in [0.25, 0.3) is 0 Å². The number of nitrogens with one attached hydrogen (secondary N) is 1. The van der Waals surface area contributed by atoms with E-state index in [2.05, 4.69) is 14.9 Å². The summed E-state index contributed by atoms with van der Waals surface area (Å²) in [4.78, 5) is 25.1. The van der Waals surface area contributed by atoms with Crippen LogP contribution in [0.4, 0.5) is 4.39 Å². The van der Waals surface area contributed by atoms with Crippen molar-refractivity contribution in [1.29, 1.82) is 0 Å². The first-order valence-corrected chi connectivity index (χ1v) is 10.3. The molecule has 1 aliphatic rings. The van der Waals surface area contributed by atoms with Gasteiger partial charge in [-0.15, -0.1) is 0 Å². The summed E-state index contributed by atoms with van der Waals surface area (Å²) in [5.41, 5.74) is 3.86. The molecule has 2 aromatic carbocycles. The van der Waals surface area contributed by atoms with Crippen LogP contribution < -0.4 is 0 Å². The number of imidazole rings is 1. The monoisotopic (exact) mass is 410 g/mol. The molecule has 0 saturated carbocycles. The molecule has 1 aliphatic heterocycles. The fourth-order valence-electron chi connectivity index (χ4n) is 3.70. The Bertz CT molecular complexity index is 996. The van der Waals surface area contributed by atoms with Crippen molar-refractivity contribution < 1.29 is 13.9 Å². The summed E-state index contributed by atoms with van der Waals surface area (Å²) in [6, 6.07) is 12.3. The maximum Gasteiger partial charge on any atom is 0.230 e. The third-order valence-corrected chi connectivity index (χ3v) is 5.43. The maximum absolute atomic E-state index is 13.3. The van der Waals surface area contributed by atoms with Crippen LogP contribution in [0.5, 0.6) is 0 Å². The first-order chi connectivity index (χ1) is 14.6. The summed E-state index contributed by atoms with van der Waals surface area (Å²) in [5, 5.41) is 0. The van der Waals surface area contributed by atoms with Crippen LogP contribution in [-0.2, 0) is 22.5 Å². The van der Waals surface area contributed by atoms with Crippen molar-refractivity contribution in [2.24, 2.45) is 0 Å². The Balaban J connectivity index is 1.46. The van der Waals surface area contributed by atoms with Gasteiger partial charge in [0.2, 0.25) is 5.91 Å². The molecule has 0 bridgehead atoms. The Hall–Kier alpha value is -2.77. The van der Waals surface area contributed by atoms with E-state index in [0.29, 0.717) is 18.9 Å². The largest absolute Gasteiger partial charge is 0.379 e. The van der Waals surface area contributed by atoms with Gasteiger partial charge in [-0.05, 0) is 42.3 Å². The number of benzene rings is 2. The highest BCUT2D eigenvalue weighted by Crippen LogP contribution is 2.15. The molecule has 1 saturated heterocycles. The second kappa shape index (κ2) is 9.36. The van der Waals surface area contributed by atoms with E-state index in [4.69, 9.17) is 4.74 Å². The van der Waals surface area contributed by atoms with Crippen molar-refractivity contribution in [2.75, 3.05) is 39.4 Å². The minimum absolute atomic E-state index is 0.00311. The second-order valence-corrected chi connectivity index (χ2v) is 7.78. The first kappa shape index (κ1) is 20.5. The molecule has 30 heavy (non-hydrogen) atoms. The molecule has 7 heteroatoms.